The van der Waals surface area contributed by atoms with Gasteiger partial charge < -0.3 is 0 Å². The molecule has 0 atom stereocenters. The minimum absolute atomic E-state index is 0.0948. The van der Waals surface area contributed by atoms with E-state index in [1.54, 1.807) is 6.08 Å². The van der Waals surface area contributed by atoms with Crippen molar-refractivity contribution in [2.45, 2.75) is 19.7 Å². The molecule has 0 saturated carbocycles. The summed E-state index contributed by atoms with van der Waals surface area (Å²) in [4.78, 5) is 3.13. The first kappa shape index (κ1) is 12.3. The standard InChI is InChI=1S/C13H11ClN2/c1-9-4-11(6-12(8-15)16-3)5-10(2)13(9)7-14/h4-6H,7H2,1-2H3. The van der Waals surface area contributed by atoms with Gasteiger partial charge in [-0.3, -0.25) is 0 Å². The van der Waals surface area contributed by atoms with Crippen LogP contribution < -0.4 is 0 Å². The molecule has 2 nitrogen and oxygen atoms in total. The van der Waals surface area contributed by atoms with Crippen molar-refractivity contribution in [3.8, 4) is 6.07 Å². The second kappa shape index (κ2) is 5.35. The van der Waals surface area contributed by atoms with Gasteiger partial charge in [-0.25, -0.2) is 10.1 Å². The Morgan fingerprint density at radius 1 is 1.50 bits per heavy atom. The van der Waals surface area contributed by atoms with Crippen LogP contribution in [0.4, 0.5) is 0 Å². The van der Waals surface area contributed by atoms with Gasteiger partial charge in [-0.1, -0.05) is 12.1 Å². The van der Waals surface area contributed by atoms with Crippen molar-refractivity contribution >= 4 is 17.7 Å². The Morgan fingerprint density at radius 2 is 2.06 bits per heavy atom. The molecule has 0 spiro atoms. The lowest BCUT2D eigenvalue weighted by atomic mass is 10.00. The SMILES string of the molecule is [C-]#[N+]C(C#N)=Cc1cc(C)c(CCl)c(C)c1. The predicted octanol–water partition coefficient (Wildman–Crippen LogP) is 3.83. The molecule has 1 aromatic carbocycles. The average molecular weight is 231 g/mol. The maximum Gasteiger partial charge on any atom is 0.262 e. The van der Waals surface area contributed by atoms with Gasteiger partial charge in [-0.15, -0.1) is 11.6 Å². The molecule has 0 heterocycles. The van der Waals surface area contributed by atoms with E-state index in [0.29, 0.717) is 5.88 Å². The Bertz CT molecular complexity index is 477. The molecular weight excluding hydrogens is 220 g/mol. The summed E-state index contributed by atoms with van der Waals surface area (Å²) >= 11 is 5.83. The lowest BCUT2D eigenvalue weighted by Gasteiger charge is -2.08. The highest BCUT2D eigenvalue weighted by atomic mass is 35.5. The summed E-state index contributed by atoms with van der Waals surface area (Å²) in [6.45, 7) is 10.8. The van der Waals surface area contributed by atoms with Gasteiger partial charge in [0.1, 0.15) is 0 Å². The average Bonchev–Trinajstić information content (AvgIpc) is 2.25. The highest BCUT2D eigenvalue weighted by molar-refractivity contribution is 6.17. The Morgan fingerprint density at radius 3 is 2.44 bits per heavy atom. The third-order valence-electron chi connectivity index (χ3n) is 2.39. The number of allylic oxidation sites excluding steroid dienone is 1. The first-order valence-electron chi connectivity index (χ1n) is 4.77. The number of aryl methyl sites for hydroxylation is 2. The van der Waals surface area contributed by atoms with E-state index in [1.165, 1.54) is 0 Å². The van der Waals surface area contributed by atoms with Crippen LogP contribution in [0.2, 0.25) is 0 Å². The van der Waals surface area contributed by atoms with Gasteiger partial charge in [0.2, 0.25) is 0 Å². The fraction of sp³-hybridized carbons (Fsp3) is 0.231. The van der Waals surface area contributed by atoms with E-state index in [0.717, 1.165) is 22.3 Å². The first-order valence-corrected chi connectivity index (χ1v) is 5.31. The minimum Gasteiger partial charge on any atom is -0.227 e. The second-order valence-electron chi connectivity index (χ2n) is 3.52. The molecule has 3 heteroatoms. The third kappa shape index (κ3) is 2.63. The lowest BCUT2D eigenvalue weighted by Crippen LogP contribution is -1.91. The third-order valence-corrected chi connectivity index (χ3v) is 2.66. The van der Waals surface area contributed by atoms with E-state index in [2.05, 4.69) is 4.85 Å². The van der Waals surface area contributed by atoms with Crippen molar-refractivity contribution in [1.29, 1.82) is 5.26 Å². The number of rotatable bonds is 2. The van der Waals surface area contributed by atoms with Gasteiger partial charge in [0.05, 0.1) is 12.6 Å². The van der Waals surface area contributed by atoms with Crippen LogP contribution in [0.15, 0.2) is 17.8 Å². The van der Waals surface area contributed by atoms with Gasteiger partial charge in [-0.2, -0.15) is 0 Å². The zero-order chi connectivity index (χ0) is 12.1. The number of hydrogen-bond acceptors (Lipinski definition) is 1. The quantitative estimate of drug-likeness (QED) is 0.431. The Balaban J connectivity index is 3.27. The van der Waals surface area contributed by atoms with Crippen LogP contribution in [0.3, 0.4) is 0 Å². The summed E-state index contributed by atoms with van der Waals surface area (Å²) in [6, 6.07) is 5.72. The van der Waals surface area contributed by atoms with Gasteiger partial charge in [-0.05, 0) is 42.2 Å². The van der Waals surface area contributed by atoms with Crippen LogP contribution in [0.25, 0.3) is 10.9 Å². The monoisotopic (exact) mass is 230 g/mol. The van der Waals surface area contributed by atoms with E-state index >= 15 is 0 Å². The van der Waals surface area contributed by atoms with E-state index in [-0.39, 0.29) is 5.70 Å². The van der Waals surface area contributed by atoms with E-state index < -0.39 is 0 Å². The highest BCUT2D eigenvalue weighted by Crippen LogP contribution is 2.20. The summed E-state index contributed by atoms with van der Waals surface area (Å²) < 4.78 is 0. The van der Waals surface area contributed by atoms with Gasteiger partial charge >= 0.3 is 0 Å². The molecule has 80 valence electrons. The van der Waals surface area contributed by atoms with Crippen LogP contribution in [0.5, 0.6) is 0 Å². The first-order chi connectivity index (χ1) is 7.62. The minimum atomic E-state index is 0.0948. The second-order valence-corrected chi connectivity index (χ2v) is 3.79. The Kier molecular flexibility index (Phi) is 4.11. The maximum atomic E-state index is 8.67. The molecule has 0 N–H and O–H groups in total. The lowest BCUT2D eigenvalue weighted by molar-refractivity contribution is 1.23. The van der Waals surface area contributed by atoms with Crippen LogP contribution in [0, 0.1) is 31.8 Å². The summed E-state index contributed by atoms with van der Waals surface area (Å²) in [5.41, 5.74) is 4.25. The molecule has 0 amide bonds. The molecule has 0 fully saturated rings. The topological polar surface area (TPSA) is 28.1 Å². The van der Waals surface area contributed by atoms with Crippen LogP contribution in [-0.2, 0) is 5.88 Å². The molecule has 0 aliphatic rings. The molecule has 1 aromatic rings. The predicted molar refractivity (Wildman–Crippen MR) is 65.7 cm³/mol. The number of halogens is 1. The number of nitriles is 1. The van der Waals surface area contributed by atoms with Crippen molar-refractivity contribution in [1.82, 2.24) is 0 Å². The molecule has 0 radical (unpaired) electrons. The maximum absolute atomic E-state index is 8.67. The molecule has 1 rings (SSSR count). The number of benzene rings is 1. The van der Waals surface area contributed by atoms with Crippen LogP contribution in [-0.4, -0.2) is 0 Å². The van der Waals surface area contributed by atoms with Gasteiger partial charge in [0.25, 0.3) is 5.70 Å². The van der Waals surface area contributed by atoms with Gasteiger partial charge in [0.15, 0.2) is 0 Å². The molecule has 0 aliphatic heterocycles. The van der Waals surface area contributed by atoms with Crippen LogP contribution >= 0.6 is 11.6 Å². The van der Waals surface area contributed by atoms with Crippen molar-refractivity contribution in [3.05, 3.63) is 51.5 Å². The van der Waals surface area contributed by atoms with E-state index in [9.17, 15) is 0 Å². The number of alkyl halides is 1. The van der Waals surface area contributed by atoms with Gasteiger partial charge in [0, 0.05) is 5.88 Å². The smallest absolute Gasteiger partial charge is 0.227 e. The van der Waals surface area contributed by atoms with Crippen molar-refractivity contribution < 1.29 is 0 Å². The normalized spacial score (nSPS) is 10.7. The van der Waals surface area contributed by atoms with Crippen molar-refractivity contribution in [3.63, 3.8) is 0 Å². The Labute approximate surface area is 101 Å². The van der Waals surface area contributed by atoms with Crippen LogP contribution in [0.1, 0.15) is 22.3 Å². The largest absolute Gasteiger partial charge is 0.262 e. The van der Waals surface area contributed by atoms with E-state index in [4.69, 9.17) is 23.4 Å². The highest BCUT2D eigenvalue weighted by Gasteiger charge is 2.03. The molecule has 0 unspecified atom stereocenters. The molecule has 0 bridgehead atoms. The van der Waals surface area contributed by atoms with Crippen molar-refractivity contribution in [2.24, 2.45) is 0 Å². The summed E-state index contributed by atoms with van der Waals surface area (Å²) in [5, 5.41) is 8.67. The number of nitrogens with zero attached hydrogens (tertiary/aromatic N) is 2. The molecule has 16 heavy (non-hydrogen) atoms. The van der Waals surface area contributed by atoms with Crippen molar-refractivity contribution in [2.75, 3.05) is 0 Å². The summed E-state index contributed by atoms with van der Waals surface area (Å²) in [5.74, 6) is 0.482. The van der Waals surface area contributed by atoms with E-state index in [1.807, 2.05) is 32.0 Å². The fourth-order valence-electron chi connectivity index (χ4n) is 1.57. The zero-order valence-corrected chi connectivity index (χ0v) is 9.97. The number of hydrogen-bond donors (Lipinski definition) is 0. The summed E-state index contributed by atoms with van der Waals surface area (Å²) in [7, 11) is 0. The molecule has 0 aromatic heterocycles. The zero-order valence-electron chi connectivity index (χ0n) is 9.21. The summed E-state index contributed by atoms with van der Waals surface area (Å²) in [6.07, 6.45) is 1.59. The molecule has 0 saturated heterocycles. The fourth-order valence-corrected chi connectivity index (χ4v) is 1.99. The molecule has 0 aliphatic carbocycles. The molecular formula is C13H11ClN2. The Hall–Kier alpha value is -1.77.